The minimum Gasteiger partial charge on any atom is -0.330 e. The van der Waals surface area contributed by atoms with Crippen LogP contribution < -0.4 is 5.32 Å². The maximum Gasteiger partial charge on any atom is 0.331 e. The van der Waals surface area contributed by atoms with Crippen molar-refractivity contribution in [2.75, 3.05) is 6.54 Å². The van der Waals surface area contributed by atoms with Gasteiger partial charge in [-0.15, -0.1) is 0 Å². The highest BCUT2D eigenvalue weighted by molar-refractivity contribution is 7.90. The second-order valence-corrected chi connectivity index (χ2v) is 8.09. The summed E-state index contributed by atoms with van der Waals surface area (Å²) >= 11 is 0. The van der Waals surface area contributed by atoms with Crippen LogP contribution in [0.3, 0.4) is 0 Å². The Bertz CT molecular complexity index is 1060. The third kappa shape index (κ3) is 2.82. The van der Waals surface area contributed by atoms with Crippen molar-refractivity contribution in [3.05, 3.63) is 78.4 Å². The lowest BCUT2D eigenvalue weighted by atomic mass is 10.0. The van der Waals surface area contributed by atoms with E-state index >= 15 is 0 Å². The van der Waals surface area contributed by atoms with Gasteiger partial charge in [0, 0.05) is 11.9 Å². The van der Waals surface area contributed by atoms with Gasteiger partial charge in [0.2, 0.25) is 0 Å². The minimum absolute atomic E-state index is 0.150. The number of rotatable bonds is 3. The molecule has 1 fully saturated rings. The molecule has 0 saturated carbocycles. The lowest BCUT2D eigenvalue weighted by Gasteiger charge is -2.32. The summed E-state index contributed by atoms with van der Waals surface area (Å²) in [7, 11) is -3.92. The van der Waals surface area contributed by atoms with Crippen LogP contribution in [-0.2, 0) is 10.0 Å². The summed E-state index contributed by atoms with van der Waals surface area (Å²) in [6, 6.07) is 21.2. The number of benzene rings is 3. The molecule has 4 rings (SSSR count). The maximum atomic E-state index is 13.1. The van der Waals surface area contributed by atoms with E-state index in [4.69, 9.17) is 0 Å². The molecule has 26 heavy (non-hydrogen) atoms. The van der Waals surface area contributed by atoms with E-state index in [9.17, 15) is 13.2 Å². The van der Waals surface area contributed by atoms with Crippen LogP contribution in [0.5, 0.6) is 0 Å². The molecule has 0 aliphatic carbocycles. The van der Waals surface area contributed by atoms with E-state index in [0.717, 1.165) is 15.3 Å². The molecule has 6 heteroatoms. The predicted molar refractivity (Wildman–Crippen MR) is 100 cm³/mol. The first-order valence-corrected chi connectivity index (χ1v) is 9.87. The van der Waals surface area contributed by atoms with Crippen LogP contribution in [0, 0.1) is 0 Å². The van der Waals surface area contributed by atoms with Gasteiger partial charge in [0.25, 0.3) is 10.0 Å². The summed E-state index contributed by atoms with van der Waals surface area (Å²) in [5, 5.41) is 4.26. The number of carbonyl (C=O) groups excluding carboxylic acids is 1. The number of nitrogens with zero attached hydrogens (tertiary/aromatic N) is 1. The van der Waals surface area contributed by atoms with Crippen LogP contribution in [0.2, 0.25) is 0 Å². The summed E-state index contributed by atoms with van der Waals surface area (Å²) in [6.07, 6.45) is 0.528. The van der Waals surface area contributed by atoms with Crippen molar-refractivity contribution >= 4 is 26.8 Å². The van der Waals surface area contributed by atoms with E-state index < -0.39 is 16.1 Å². The third-order valence-corrected chi connectivity index (χ3v) is 6.51. The van der Waals surface area contributed by atoms with Crippen molar-refractivity contribution in [2.45, 2.75) is 17.4 Å². The molecule has 1 unspecified atom stereocenters. The Labute approximate surface area is 152 Å². The Morgan fingerprint density at radius 3 is 2.35 bits per heavy atom. The van der Waals surface area contributed by atoms with E-state index in [2.05, 4.69) is 5.32 Å². The van der Waals surface area contributed by atoms with Crippen molar-refractivity contribution in [3.63, 3.8) is 0 Å². The minimum atomic E-state index is -3.92. The number of fused-ring (bicyclic) bond motifs is 1. The fourth-order valence-electron chi connectivity index (χ4n) is 3.35. The molecule has 1 heterocycles. The van der Waals surface area contributed by atoms with Gasteiger partial charge in [0.1, 0.15) is 0 Å². The Balaban J connectivity index is 1.66. The lowest BCUT2D eigenvalue weighted by Crippen LogP contribution is -2.50. The zero-order chi connectivity index (χ0) is 18.1. The summed E-state index contributed by atoms with van der Waals surface area (Å²) in [5.74, 6) is 0. The highest BCUT2D eigenvalue weighted by Crippen LogP contribution is 2.29. The highest BCUT2D eigenvalue weighted by atomic mass is 32.2. The van der Waals surface area contributed by atoms with Gasteiger partial charge in [-0.25, -0.2) is 17.5 Å². The van der Waals surface area contributed by atoms with Gasteiger partial charge in [-0.1, -0.05) is 66.7 Å². The van der Waals surface area contributed by atoms with E-state index in [0.29, 0.717) is 11.8 Å². The van der Waals surface area contributed by atoms with Gasteiger partial charge in [0.05, 0.1) is 10.9 Å². The van der Waals surface area contributed by atoms with Gasteiger partial charge in [-0.2, -0.15) is 0 Å². The zero-order valence-corrected chi connectivity index (χ0v) is 14.8. The second-order valence-electron chi connectivity index (χ2n) is 6.26. The van der Waals surface area contributed by atoms with Crippen LogP contribution in [0.1, 0.15) is 18.0 Å². The molecule has 2 amide bonds. The number of hydrogen-bond donors (Lipinski definition) is 1. The average Bonchev–Trinajstić information content (AvgIpc) is 2.68. The molecule has 0 spiro atoms. The number of hydrogen-bond acceptors (Lipinski definition) is 3. The molecule has 1 aliphatic rings. The number of carbonyl (C=O) groups is 1. The molecular formula is C20H18N2O3S. The van der Waals surface area contributed by atoms with Gasteiger partial charge in [-0.3, -0.25) is 0 Å². The van der Waals surface area contributed by atoms with E-state index in [1.165, 1.54) is 0 Å². The second kappa shape index (κ2) is 6.46. The highest BCUT2D eigenvalue weighted by Gasteiger charge is 2.35. The first-order chi connectivity index (χ1) is 12.6. The molecule has 3 aromatic rings. The van der Waals surface area contributed by atoms with E-state index in [1.807, 2.05) is 48.5 Å². The predicted octanol–water partition coefficient (Wildman–Crippen LogP) is 3.69. The Morgan fingerprint density at radius 2 is 1.58 bits per heavy atom. The Kier molecular flexibility index (Phi) is 4.12. The lowest BCUT2D eigenvalue weighted by molar-refractivity contribution is 0.205. The SMILES string of the molecule is O=C1NC(c2ccccc2)CCN1S(=O)(=O)c1cccc2ccccc12. The Hall–Kier alpha value is -2.86. The van der Waals surface area contributed by atoms with Crippen LogP contribution >= 0.6 is 0 Å². The van der Waals surface area contributed by atoms with Crippen molar-refractivity contribution in [3.8, 4) is 0 Å². The normalized spacial score (nSPS) is 17.9. The van der Waals surface area contributed by atoms with E-state index in [1.54, 1.807) is 24.3 Å². The molecule has 1 aliphatic heterocycles. The molecular weight excluding hydrogens is 348 g/mol. The molecule has 5 nitrogen and oxygen atoms in total. The van der Waals surface area contributed by atoms with Gasteiger partial charge < -0.3 is 5.32 Å². The maximum absolute atomic E-state index is 13.1. The van der Waals surface area contributed by atoms with Crippen molar-refractivity contribution in [1.29, 1.82) is 0 Å². The van der Waals surface area contributed by atoms with Crippen molar-refractivity contribution in [2.24, 2.45) is 0 Å². The molecule has 3 aromatic carbocycles. The molecule has 0 aromatic heterocycles. The molecule has 0 radical (unpaired) electrons. The first kappa shape index (κ1) is 16.6. The van der Waals surface area contributed by atoms with Crippen molar-refractivity contribution < 1.29 is 13.2 Å². The topological polar surface area (TPSA) is 66.5 Å². The molecule has 132 valence electrons. The summed E-state index contributed by atoms with van der Waals surface area (Å²) < 4.78 is 27.2. The van der Waals surface area contributed by atoms with E-state index in [-0.39, 0.29) is 17.5 Å². The molecule has 1 N–H and O–H groups in total. The van der Waals surface area contributed by atoms with Crippen LogP contribution in [0.25, 0.3) is 10.8 Å². The van der Waals surface area contributed by atoms with Gasteiger partial charge in [-0.05, 0) is 23.4 Å². The number of sulfonamides is 1. The standard InChI is InChI=1S/C20H18N2O3S/c23-20-21-18(16-8-2-1-3-9-16)13-14-22(20)26(24,25)19-12-6-10-15-7-4-5-11-17(15)19/h1-12,18H,13-14H2,(H,21,23). The molecule has 1 saturated heterocycles. The summed E-state index contributed by atoms with van der Waals surface area (Å²) in [5.41, 5.74) is 0.975. The Morgan fingerprint density at radius 1 is 0.885 bits per heavy atom. The zero-order valence-electron chi connectivity index (χ0n) is 14.0. The summed E-state index contributed by atoms with van der Waals surface area (Å²) in [4.78, 5) is 12.7. The fraction of sp³-hybridized carbons (Fsp3) is 0.150. The van der Waals surface area contributed by atoms with Gasteiger partial charge >= 0.3 is 6.03 Å². The number of amides is 2. The number of nitrogens with one attached hydrogen (secondary N) is 1. The molecule has 1 atom stereocenters. The third-order valence-electron chi connectivity index (χ3n) is 4.66. The van der Waals surface area contributed by atoms with Crippen LogP contribution in [0.4, 0.5) is 4.79 Å². The molecule has 0 bridgehead atoms. The number of urea groups is 1. The quantitative estimate of drug-likeness (QED) is 0.769. The first-order valence-electron chi connectivity index (χ1n) is 8.43. The van der Waals surface area contributed by atoms with Crippen LogP contribution in [-0.4, -0.2) is 25.3 Å². The summed E-state index contributed by atoms with van der Waals surface area (Å²) in [6.45, 7) is 0.150. The van der Waals surface area contributed by atoms with Crippen LogP contribution in [0.15, 0.2) is 77.7 Å². The largest absolute Gasteiger partial charge is 0.331 e. The van der Waals surface area contributed by atoms with Crippen molar-refractivity contribution in [1.82, 2.24) is 9.62 Å². The van der Waals surface area contributed by atoms with Gasteiger partial charge in [0.15, 0.2) is 0 Å². The fourth-order valence-corrected chi connectivity index (χ4v) is 4.91. The average molecular weight is 366 g/mol. The monoisotopic (exact) mass is 366 g/mol. The smallest absolute Gasteiger partial charge is 0.330 e.